The largest absolute Gasteiger partial charge is 0.511 e. The van der Waals surface area contributed by atoms with Crippen molar-refractivity contribution in [1.29, 1.82) is 0 Å². The fourth-order valence-corrected chi connectivity index (χ4v) is 3.37. The fourth-order valence-electron chi connectivity index (χ4n) is 2.39. The van der Waals surface area contributed by atoms with Crippen LogP contribution in [0, 0.1) is 12.8 Å². The number of sulfonamides is 1. The van der Waals surface area contributed by atoms with Gasteiger partial charge in [-0.2, -0.15) is 17.5 Å². The van der Waals surface area contributed by atoms with Crippen molar-refractivity contribution in [3.8, 4) is 0 Å². The van der Waals surface area contributed by atoms with Crippen LogP contribution < -0.4 is 5.32 Å². The number of hydrogen-bond acceptors (Lipinski definition) is 4. The van der Waals surface area contributed by atoms with Crippen LogP contribution in [0.25, 0.3) is 0 Å². The Morgan fingerprint density at radius 3 is 2.50 bits per heavy atom. The number of hydrogen-bond donors (Lipinski definition) is 1. The van der Waals surface area contributed by atoms with Crippen molar-refractivity contribution >= 4 is 15.8 Å². The van der Waals surface area contributed by atoms with Gasteiger partial charge in [-0.25, -0.2) is 13.4 Å². The Labute approximate surface area is 127 Å². The lowest BCUT2D eigenvalue weighted by Gasteiger charge is -2.31. The summed E-state index contributed by atoms with van der Waals surface area (Å²) < 4.78 is 60.6. The number of piperidine rings is 1. The Morgan fingerprint density at radius 2 is 1.95 bits per heavy atom. The molecule has 22 heavy (non-hydrogen) atoms. The van der Waals surface area contributed by atoms with E-state index in [4.69, 9.17) is 0 Å². The highest BCUT2D eigenvalue weighted by molar-refractivity contribution is 7.90. The lowest BCUT2D eigenvalue weighted by Crippen LogP contribution is -2.45. The Morgan fingerprint density at radius 1 is 1.32 bits per heavy atom. The summed E-state index contributed by atoms with van der Waals surface area (Å²) in [6.45, 7) is 2.23. The van der Waals surface area contributed by atoms with Gasteiger partial charge in [-0.3, -0.25) is 0 Å². The maximum Gasteiger partial charge on any atom is 0.511 e. The third-order valence-corrected chi connectivity index (χ3v) is 5.30. The van der Waals surface area contributed by atoms with Crippen LogP contribution in [0.4, 0.5) is 19.0 Å². The van der Waals surface area contributed by atoms with E-state index in [0.717, 1.165) is 5.69 Å². The molecule has 1 aliphatic heterocycles. The maximum atomic E-state index is 12.5. The van der Waals surface area contributed by atoms with Crippen molar-refractivity contribution in [2.45, 2.75) is 25.3 Å². The van der Waals surface area contributed by atoms with Crippen molar-refractivity contribution < 1.29 is 21.6 Å². The van der Waals surface area contributed by atoms with Gasteiger partial charge >= 0.3 is 15.5 Å². The van der Waals surface area contributed by atoms with Gasteiger partial charge in [0.25, 0.3) is 0 Å². The lowest BCUT2D eigenvalue weighted by molar-refractivity contribution is -0.0496. The Kier molecular flexibility index (Phi) is 4.96. The second-order valence-electron chi connectivity index (χ2n) is 5.34. The van der Waals surface area contributed by atoms with E-state index in [-0.39, 0.29) is 19.0 Å². The van der Waals surface area contributed by atoms with Gasteiger partial charge in [0.05, 0.1) is 0 Å². The van der Waals surface area contributed by atoms with Crippen molar-refractivity contribution in [1.82, 2.24) is 9.29 Å². The number of nitrogens with zero attached hydrogens (tertiary/aromatic N) is 2. The first-order valence-electron chi connectivity index (χ1n) is 6.94. The van der Waals surface area contributed by atoms with Crippen molar-refractivity contribution in [3.05, 3.63) is 23.9 Å². The van der Waals surface area contributed by atoms with Crippen molar-refractivity contribution in [2.75, 3.05) is 25.0 Å². The summed E-state index contributed by atoms with van der Waals surface area (Å²) in [4.78, 5) is 4.28. The summed E-state index contributed by atoms with van der Waals surface area (Å²) in [7, 11) is -5.20. The van der Waals surface area contributed by atoms with Gasteiger partial charge in [-0.1, -0.05) is 6.07 Å². The van der Waals surface area contributed by atoms with Gasteiger partial charge in [0.1, 0.15) is 5.82 Å². The van der Waals surface area contributed by atoms with Crippen LogP contribution in [0.15, 0.2) is 18.2 Å². The SMILES string of the molecule is Cc1cccc(NCC2CCN(S(=O)(=O)C(F)(F)F)CC2)n1. The molecule has 0 aromatic carbocycles. The molecule has 1 aromatic heterocycles. The second kappa shape index (κ2) is 6.41. The molecule has 9 heteroatoms. The topological polar surface area (TPSA) is 62.3 Å². The molecule has 0 unspecified atom stereocenters. The molecular weight excluding hydrogens is 319 g/mol. The van der Waals surface area contributed by atoms with Crippen LogP contribution >= 0.6 is 0 Å². The highest BCUT2D eigenvalue weighted by atomic mass is 32.2. The molecule has 5 nitrogen and oxygen atoms in total. The van der Waals surface area contributed by atoms with Crippen LogP contribution in [0.5, 0.6) is 0 Å². The number of alkyl halides is 3. The molecule has 0 atom stereocenters. The van der Waals surface area contributed by atoms with Crippen molar-refractivity contribution in [2.24, 2.45) is 5.92 Å². The molecule has 1 N–H and O–H groups in total. The smallest absolute Gasteiger partial charge is 0.370 e. The van der Waals surface area contributed by atoms with E-state index in [1.165, 1.54) is 0 Å². The molecule has 2 rings (SSSR count). The standard InChI is InChI=1S/C13H18F3N3O2S/c1-10-3-2-4-12(18-10)17-9-11-5-7-19(8-6-11)22(20,21)13(14,15)16/h2-4,11H,5-9H2,1H3,(H,17,18). The first-order chi connectivity index (χ1) is 10.2. The zero-order valence-corrected chi connectivity index (χ0v) is 12.9. The number of aryl methyl sites for hydroxylation is 1. The van der Waals surface area contributed by atoms with Crippen molar-refractivity contribution in [3.63, 3.8) is 0 Å². The molecule has 1 saturated heterocycles. The van der Waals surface area contributed by atoms with Crippen LogP contribution in [-0.2, 0) is 10.0 Å². The number of rotatable bonds is 4. The summed E-state index contributed by atoms with van der Waals surface area (Å²) in [5.41, 5.74) is -4.35. The molecule has 0 aliphatic carbocycles. The Hall–Kier alpha value is -1.35. The molecule has 2 heterocycles. The zero-order chi connectivity index (χ0) is 16.4. The molecule has 1 fully saturated rings. The molecule has 0 radical (unpaired) electrons. The molecule has 1 aromatic rings. The molecule has 0 amide bonds. The normalized spacial score (nSPS) is 18.4. The highest BCUT2D eigenvalue weighted by Crippen LogP contribution is 2.30. The number of aromatic nitrogens is 1. The summed E-state index contributed by atoms with van der Waals surface area (Å²) in [6, 6.07) is 5.55. The lowest BCUT2D eigenvalue weighted by atomic mass is 9.98. The summed E-state index contributed by atoms with van der Waals surface area (Å²) in [5.74, 6) is 0.840. The first kappa shape index (κ1) is 17.0. The van der Waals surface area contributed by atoms with Gasteiger partial charge in [-0.15, -0.1) is 0 Å². The third kappa shape index (κ3) is 3.89. The monoisotopic (exact) mass is 337 g/mol. The minimum atomic E-state index is -5.22. The Bertz CT molecular complexity index is 611. The van der Waals surface area contributed by atoms with Gasteiger partial charge in [0.15, 0.2) is 0 Å². The predicted molar refractivity (Wildman–Crippen MR) is 76.7 cm³/mol. The van der Waals surface area contributed by atoms with E-state index in [1.54, 1.807) is 0 Å². The summed E-state index contributed by atoms with van der Waals surface area (Å²) in [6.07, 6.45) is 0.794. The van der Waals surface area contributed by atoms with E-state index in [2.05, 4.69) is 10.3 Å². The van der Waals surface area contributed by atoms with Crippen LogP contribution in [-0.4, -0.2) is 42.8 Å². The fraction of sp³-hybridized carbons (Fsp3) is 0.615. The molecule has 0 saturated carbocycles. The average molecular weight is 337 g/mol. The minimum Gasteiger partial charge on any atom is -0.370 e. The van der Waals surface area contributed by atoms with E-state index in [9.17, 15) is 21.6 Å². The van der Waals surface area contributed by atoms with Crippen LogP contribution in [0.2, 0.25) is 0 Å². The predicted octanol–water partition coefficient (Wildman–Crippen LogP) is 2.36. The number of halogens is 3. The number of nitrogens with one attached hydrogen (secondary N) is 1. The molecule has 1 aliphatic rings. The maximum absolute atomic E-state index is 12.5. The molecule has 124 valence electrons. The molecular formula is C13H18F3N3O2S. The third-order valence-electron chi connectivity index (χ3n) is 3.67. The second-order valence-corrected chi connectivity index (χ2v) is 7.27. The average Bonchev–Trinajstić information content (AvgIpc) is 2.44. The van der Waals surface area contributed by atoms with E-state index in [0.29, 0.717) is 29.5 Å². The van der Waals surface area contributed by atoms with Gasteiger partial charge < -0.3 is 5.32 Å². The molecule has 0 bridgehead atoms. The van der Waals surface area contributed by atoms with E-state index < -0.39 is 15.5 Å². The minimum absolute atomic E-state index is 0.102. The van der Waals surface area contributed by atoms with Gasteiger partial charge in [0, 0.05) is 25.3 Å². The first-order valence-corrected chi connectivity index (χ1v) is 8.38. The quantitative estimate of drug-likeness (QED) is 0.916. The summed E-state index contributed by atoms with van der Waals surface area (Å²) >= 11 is 0. The van der Waals surface area contributed by atoms with Crippen LogP contribution in [0.1, 0.15) is 18.5 Å². The van der Waals surface area contributed by atoms with Gasteiger partial charge in [0.2, 0.25) is 0 Å². The van der Waals surface area contributed by atoms with E-state index in [1.807, 2.05) is 25.1 Å². The Balaban J connectivity index is 1.85. The highest BCUT2D eigenvalue weighted by Gasteiger charge is 2.50. The zero-order valence-electron chi connectivity index (χ0n) is 12.1. The van der Waals surface area contributed by atoms with E-state index >= 15 is 0 Å². The molecule has 0 spiro atoms. The van der Waals surface area contributed by atoms with Crippen LogP contribution in [0.3, 0.4) is 0 Å². The number of anilines is 1. The number of pyridine rings is 1. The summed E-state index contributed by atoms with van der Waals surface area (Å²) in [5, 5.41) is 3.14. The van der Waals surface area contributed by atoms with Gasteiger partial charge in [-0.05, 0) is 37.8 Å².